The van der Waals surface area contributed by atoms with Crippen LogP contribution >= 0.6 is 12.4 Å². The Morgan fingerprint density at radius 1 is 0.957 bits per heavy atom. The zero-order valence-corrected chi connectivity index (χ0v) is 13.7. The summed E-state index contributed by atoms with van der Waals surface area (Å²) in [7, 11) is 0. The minimum absolute atomic E-state index is 0. The third-order valence-electron chi connectivity index (χ3n) is 3.72. The molecule has 0 bridgehead atoms. The highest BCUT2D eigenvalue weighted by Gasteiger charge is 2.20. The van der Waals surface area contributed by atoms with E-state index in [1.165, 1.54) is 0 Å². The first-order valence-electron chi connectivity index (χ1n) is 7.66. The van der Waals surface area contributed by atoms with Gasteiger partial charge in [0.15, 0.2) is 0 Å². The van der Waals surface area contributed by atoms with Gasteiger partial charge in [-0.15, -0.1) is 12.4 Å². The van der Waals surface area contributed by atoms with Gasteiger partial charge in [0.1, 0.15) is 11.5 Å². The summed E-state index contributed by atoms with van der Waals surface area (Å²) >= 11 is 0. The molecule has 4 nitrogen and oxygen atoms in total. The van der Waals surface area contributed by atoms with Crippen molar-refractivity contribution in [2.24, 2.45) is 0 Å². The van der Waals surface area contributed by atoms with E-state index in [2.05, 4.69) is 5.32 Å². The molecule has 2 aromatic carbocycles. The summed E-state index contributed by atoms with van der Waals surface area (Å²) in [6, 6.07) is 17.0. The van der Waals surface area contributed by atoms with Gasteiger partial charge in [0, 0.05) is 19.6 Å². The molecule has 23 heavy (non-hydrogen) atoms. The van der Waals surface area contributed by atoms with E-state index in [1.807, 2.05) is 59.5 Å². The molecule has 1 aliphatic rings. The number of amides is 1. The SMILES string of the molecule is Cl.O=C(c1ccccc1Oc1ccccc1)N1CCCNCC1. The highest BCUT2D eigenvalue weighted by Crippen LogP contribution is 2.26. The van der Waals surface area contributed by atoms with Gasteiger partial charge in [-0.1, -0.05) is 30.3 Å². The maximum Gasteiger partial charge on any atom is 0.257 e. The fourth-order valence-corrected chi connectivity index (χ4v) is 2.57. The number of carbonyl (C=O) groups is 1. The van der Waals surface area contributed by atoms with E-state index >= 15 is 0 Å². The second-order valence-electron chi connectivity index (χ2n) is 5.31. The van der Waals surface area contributed by atoms with E-state index in [1.54, 1.807) is 0 Å². The van der Waals surface area contributed by atoms with Crippen molar-refractivity contribution >= 4 is 18.3 Å². The predicted octanol–water partition coefficient (Wildman–Crippen LogP) is 3.34. The Bertz CT molecular complexity index is 626. The van der Waals surface area contributed by atoms with Crippen molar-refractivity contribution in [3.05, 3.63) is 60.2 Å². The molecule has 0 atom stereocenters. The second-order valence-corrected chi connectivity index (χ2v) is 5.31. The lowest BCUT2D eigenvalue weighted by atomic mass is 10.1. The molecule has 1 aliphatic heterocycles. The Labute approximate surface area is 142 Å². The summed E-state index contributed by atoms with van der Waals surface area (Å²) in [6.07, 6.45) is 0.980. The van der Waals surface area contributed by atoms with Gasteiger partial charge in [0.05, 0.1) is 5.56 Å². The number of para-hydroxylation sites is 2. The maximum atomic E-state index is 12.8. The van der Waals surface area contributed by atoms with Gasteiger partial charge in [0.2, 0.25) is 0 Å². The van der Waals surface area contributed by atoms with Crippen molar-refractivity contribution in [2.45, 2.75) is 6.42 Å². The van der Waals surface area contributed by atoms with Crippen molar-refractivity contribution in [3.63, 3.8) is 0 Å². The van der Waals surface area contributed by atoms with E-state index in [0.29, 0.717) is 11.3 Å². The van der Waals surface area contributed by atoms with Gasteiger partial charge >= 0.3 is 0 Å². The lowest BCUT2D eigenvalue weighted by Gasteiger charge is -2.21. The molecule has 2 aromatic rings. The minimum atomic E-state index is 0. The highest BCUT2D eigenvalue weighted by molar-refractivity contribution is 5.97. The van der Waals surface area contributed by atoms with Gasteiger partial charge in [-0.3, -0.25) is 4.79 Å². The van der Waals surface area contributed by atoms with Crippen LogP contribution in [-0.4, -0.2) is 37.0 Å². The monoisotopic (exact) mass is 332 g/mol. The molecule has 3 rings (SSSR count). The summed E-state index contributed by atoms with van der Waals surface area (Å²) in [5.41, 5.74) is 0.619. The number of rotatable bonds is 3. The van der Waals surface area contributed by atoms with Crippen LogP contribution in [0.25, 0.3) is 0 Å². The van der Waals surface area contributed by atoms with E-state index < -0.39 is 0 Å². The Morgan fingerprint density at radius 2 is 1.70 bits per heavy atom. The van der Waals surface area contributed by atoms with E-state index in [9.17, 15) is 4.79 Å². The van der Waals surface area contributed by atoms with Crippen LogP contribution in [0.3, 0.4) is 0 Å². The number of carbonyl (C=O) groups excluding carboxylic acids is 1. The Kier molecular flexibility index (Phi) is 6.44. The van der Waals surface area contributed by atoms with E-state index in [0.717, 1.165) is 38.3 Å². The van der Waals surface area contributed by atoms with E-state index in [-0.39, 0.29) is 18.3 Å². The van der Waals surface area contributed by atoms with Crippen molar-refractivity contribution in [2.75, 3.05) is 26.2 Å². The third-order valence-corrected chi connectivity index (χ3v) is 3.72. The summed E-state index contributed by atoms with van der Waals surface area (Å²) in [5, 5.41) is 3.31. The van der Waals surface area contributed by atoms with Gasteiger partial charge in [-0.25, -0.2) is 0 Å². The van der Waals surface area contributed by atoms with Crippen molar-refractivity contribution in [1.82, 2.24) is 10.2 Å². The summed E-state index contributed by atoms with van der Waals surface area (Å²) in [6.45, 7) is 3.32. The Morgan fingerprint density at radius 3 is 2.52 bits per heavy atom. The fourth-order valence-electron chi connectivity index (χ4n) is 2.57. The zero-order chi connectivity index (χ0) is 15.2. The fraction of sp³-hybridized carbons (Fsp3) is 0.278. The number of nitrogens with one attached hydrogen (secondary N) is 1. The number of benzene rings is 2. The molecule has 0 aromatic heterocycles. The molecule has 0 unspecified atom stereocenters. The van der Waals surface area contributed by atoms with Crippen LogP contribution < -0.4 is 10.1 Å². The van der Waals surface area contributed by atoms with Crippen LogP contribution in [0, 0.1) is 0 Å². The first-order valence-corrected chi connectivity index (χ1v) is 7.66. The molecule has 0 spiro atoms. The topological polar surface area (TPSA) is 41.6 Å². The number of halogens is 1. The number of ether oxygens (including phenoxy) is 1. The largest absolute Gasteiger partial charge is 0.457 e. The molecule has 1 amide bonds. The van der Waals surface area contributed by atoms with Crippen LogP contribution in [0.15, 0.2) is 54.6 Å². The van der Waals surface area contributed by atoms with Gasteiger partial charge < -0.3 is 15.0 Å². The normalized spacial score (nSPS) is 14.5. The molecule has 0 aliphatic carbocycles. The maximum absolute atomic E-state index is 12.8. The van der Waals surface area contributed by atoms with Gasteiger partial charge in [0.25, 0.3) is 5.91 Å². The number of hydrogen-bond acceptors (Lipinski definition) is 3. The molecular formula is C18H21ClN2O2. The average molecular weight is 333 g/mol. The molecule has 0 radical (unpaired) electrons. The molecule has 0 saturated carbocycles. The first kappa shape index (κ1) is 17.3. The van der Waals surface area contributed by atoms with Crippen molar-refractivity contribution in [1.29, 1.82) is 0 Å². The predicted molar refractivity (Wildman–Crippen MR) is 93.6 cm³/mol. The van der Waals surface area contributed by atoms with Crippen LogP contribution in [0.2, 0.25) is 0 Å². The van der Waals surface area contributed by atoms with Gasteiger partial charge in [-0.05, 0) is 37.2 Å². The Balaban J connectivity index is 0.00000192. The quantitative estimate of drug-likeness (QED) is 0.937. The standard InChI is InChI=1S/C18H20N2O2.ClH/c21-18(20-13-6-11-19-12-14-20)16-9-4-5-10-17(16)22-15-7-2-1-3-8-15;/h1-5,7-10,19H,6,11-14H2;1H. The van der Waals surface area contributed by atoms with Crippen molar-refractivity contribution < 1.29 is 9.53 Å². The second kappa shape index (κ2) is 8.56. The smallest absolute Gasteiger partial charge is 0.257 e. The van der Waals surface area contributed by atoms with E-state index in [4.69, 9.17) is 4.74 Å². The minimum Gasteiger partial charge on any atom is -0.457 e. The van der Waals surface area contributed by atoms with Gasteiger partial charge in [-0.2, -0.15) is 0 Å². The summed E-state index contributed by atoms with van der Waals surface area (Å²) in [5.74, 6) is 1.38. The molecular weight excluding hydrogens is 312 g/mol. The summed E-state index contributed by atoms with van der Waals surface area (Å²) in [4.78, 5) is 14.7. The Hall–Kier alpha value is -2.04. The van der Waals surface area contributed by atoms with Crippen LogP contribution in [0.1, 0.15) is 16.8 Å². The van der Waals surface area contributed by atoms with Crippen LogP contribution in [0.5, 0.6) is 11.5 Å². The van der Waals surface area contributed by atoms with Crippen molar-refractivity contribution in [3.8, 4) is 11.5 Å². The number of nitrogens with zero attached hydrogens (tertiary/aromatic N) is 1. The molecule has 1 N–H and O–H groups in total. The number of hydrogen-bond donors (Lipinski definition) is 1. The first-order chi connectivity index (χ1) is 10.8. The molecule has 1 heterocycles. The van der Waals surface area contributed by atoms with Crippen LogP contribution in [0.4, 0.5) is 0 Å². The molecule has 1 fully saturated rings. The zero-order valence-electron chi connectivity index (χ0n) is 12.9. The highest BCUT2D eigenvalue weighted by atomic mass is 35.5. The van der Waals surface area contributed by atoms with Crippen LogP contribution in [-0.2, 0) is 0 Å². The average Bonchev–Trinajstić information content (AvgIpc) is 2.85. The lowest BCUT2D eigenvalue weighted by molar-refractivity contribution is 0.0764. The molecule has 5 heteroatoms. The molecule has 1 saturated heterocycles. The lowest BCUT2D eigenvalue weighted by Crippen LogP contribution is -2.34. The third kappa shape index (κ3) is 4.47. The molecule has 122 valence electrons. The summed E-state index contributed by atoms with van der Waals surface area (Å²) < 4.78 is 5.89.